The fraction of sp³-hybridized carbons (Fsp3) is 0.811. The van der Waals surface area contributed by atoms with Crippen LogP contribution >= 0.6 is 0 Å². The number of esters is 1. The molecule has 0 radical (unpaired) electrons. The molecule has 0 aliphatic carbocycles. The highest BCUT2D eigenvalue weighted by molar-refractivity contribution is 5.91. The zero-order valence-electron chi connectivity index (χ0n) is 31.4. The molecule has 0 aromatic heterocycles. The van der Waals surface area contributed by atoms with Crippen LogP contribution in [0.2, 0.25) is 0 Å². The lowest BCUT2D eigenvalue weighted by Gasteiger charge is -2.46. The Labute approximate surface area is 305 Å². The number of ether oxygens (including phenoxy) is 10. The summed E-state index contributed by atoms with van der Waals surface area (Å²) in [5.41, 5.74) is -1.35. The van der Waals surface area contributed by atoms with E-state index in [-0.39, 0.29) is 24.7 Å². The van der Waals surface area contributed by atoms with Crippen molar-refractivity contribution >= 4 is 17.9 Å². The molecule has 0 aromatic rings. The number of carbonyl (C=O) groups excluding carboxylic acids is 3. The monoisotopic (exact) mass is 740 g/mol. The molecule has 0 aromatic carbocycles. The van der Waals surface area contributed by atoms with Crippen molar-refractivity contribution < 1.29 is 72.0 Å². The van der Waals surface area contributed by atoms with E-state index >= 15 is 0 Å². The van der Waals surface area contributed by atoms with Crippen LogP contribution in [0, 0.1) is 23.7 Å². The van der Waals surface area contributed by atoms with Gasteiger partial charge in [-0.05, 0) is 52.2 Å². The van der Waals surface area contributed by atoms with Gasteiger partial charge in [-0.1, -0.05) is 26.8 Å². The molecule has 15 heteroatoms. The summed E-state index contributed by atoms with van der Waals surface area (Å²) < 4.78 is 58.3. The van der Waals surface area contributed by atoms with E-state index in [9.17, 15) is 24.6 Å². The number of cyclic esters (lactones) is 2. The van der Waals surface area contributed by atoms with E-state index in [0.717, 1.165) is 0 Å². The topological polar surface area (TPSA) is 187 Å². The van der Waals surface area contributed by atoms with Crippen molar-refractivity contribution in [1.29, 1.82) is 0 Å². The van der Waals surface area contributed by atoms with E-state index in [1.165, 1.54) is 26.4 Å². The lowest BCUT2D eigenvalue weighted by Crippen LogP contribution is -2.62. The van der Waals surface area contributed by atoms with Crippen LogP contribution in [0.15, 0.2) is 24.3 Å². The first-order valence-electron chi connectivity index (χ1n) is 18.3. The largest absolute Gasteiger partial charge is 0.509 e. The molecule has 5 rings (SSSR count). The van der Waals surface area contributed by atoms with E-state index in [0.29, 0.717) is 6.42 Å². The van der Waals surface area contributed by atoms with E-state index in [2.05, 4.69) is 0 Å². The number of aliphatic hydroxyl groups is 2. The zero-order chi connectivity index (χ0) is 38.1. The molecule has 18 atom stereocenters. The minimum Gasteiger partial charge on any atom is -0.459 e. The van der Waals surface area contributed by atoms with Gasteiger partial charge in [-0.2, -0.15) is 0 Å². The molecule has 5 aliphatic heterocycles. The number of allylic oxidation sites excluding steroid dienone is 1. The van der Waals surface area contributed by atoms with Gasteiger partial charge in [-0.15, -0.1) is 0 Å². The van der Waals surface area contributed by atoms with Crippen LogP contribution in [0.4, 0.5) is 4.79 Å². The zero-order valence-corrected chi connectivity index (χ0v) is 31.4. The Morgan fingerprint density at radius 2 is 1.54 bits per heavy atom. The Balaban J connectivity index is 1.34. The predicted molar refractivity (Wildman–Crippen MR) is 181 cm³/mol. The average molecular weight is 741 g/mol. The first-order chi connectivity index (χ1) is 24.6. The van der Waals surface area contributed by atoms with Gasteiger partial charge in [-0.3, -0.25) is 4.79 Å². The molecule has 5 heterocycles. The van der Waals surface area contributed by atoms with Crippen LogP contribution in [-0.2, 0) is 57.0 Å². The predicted octanol–water partition coefficient (Wildman–Crippen LogP) is 2.62. The number of carbonyl (C=O) groups is 3. The maximum Gasteiger partial charge on any atom is 0.509 e. The van der Waals surface area contributed by atoms with Gasteiger partial charge >= 0.3 is 12.1 Å². The molecule has 0 bridgehead atoms. The molecule has 52 heavy (non-hydrogen) atoms. The minimum absolute atomic E-state index is 0.0493. The van der Waals surface area contributed by atoms with Crippen LogP contribution in [0.5, 0.6) is 0 Å². The van der Waals surface area contributed by atoms with Crippen molar-refractivity contribution in [2.75, 3.05) is 20.8 Å². The molecule has 15 nitrogen and oxygen atoms in total. The number of aliphatic hydroxyl groups excluding tert-OH is 2. The van der Waals surface area contributed by atoms with Crippen molar-refractivity contribution in [3.05, 3.63) is 24.3 Å². The first-order valence-corrected chi connectivity index (χ1v) is 18.3. The molecular weight excluding hydrogens is 684 g/mol. The number of ketones is 1. The summed E-state index contributed by atoms with van der Waals surface area (Å²) in [6.45, 7) is 12.6. The third-order valence-corrected chi connectivity index (χ3v) is 11.2. The molecule has 0 unspecified atom stereocenters. The first kappa shape index (κ1) is 40.7. The SMILES string of the molecule is CO[C@H]1[C@H](OC[C@@H]2[C@@H]3O[C@@H]3C=CC(=O)[C@@H](C)C[C@@H](C)[C@@H](O[C@@H]3O[C@H](C)C[C@@]4(OC(=O)O[C@H]4C)[C@H]3O)[C@@H](C)C=CC(=O)O[C@H]2C)O[C@H](C)[C@@H](O)[C@@H]1OC. The van der Waals surface area contributed by atoms with Crippen molar-refractivity contribution in [2.45, 2.75) is 147 Å². The highest BCUT2D eigenvalue weighted by Gasteiger charge is 2.61. The van der Waals surface area contributed by atoms with Gasteiger partial charge in [0.15, 0.2) is 24.0 Å². The number of rotatable bonds is 7. The summed E-state index contributed by atoms with van der Waals surface area (Å²) in [6, 6.07) is 0. The van der Waals surface area contributed by atoms with Crippen LogP contribution in [0.1, 0.15) is 61.3 Å². The van der Waals surface area contributed by atoms with E-state index < -0.39 is 115 Å². The van der Waals surface area contributed by atoms with Crippen LogP contribution < -0.4 is 0 Å². The summed E-state index contributed by atoms with van der Waals surface area (Å²) in [5.74, 6) is -2.20. The Kier molecular flexibility index (Phi) is 13.2. The van der Waals surface area contributed by atoms with E-state index in [1.807, 2.05) is 20.8 Å². The number of hydrogen-bond acceptors (Lipinski definition) is 15. The lowest BCUT2D eigenvalue weighted by molar-refractivity contribution is -0.308. The van der Waals surface area contributed by atoms with Crippen molar-refractivity contribution in [1.82, 2.24) is 0 Å². The summed E-state index contributed by atoms with van der Waals surface area (Å²) in [6.07, 6.45) is -3.65. The smallest absolute Gasteiger partial charge is 0.459 e. The van der Waals surface area contributed by atoms with Gasteiger partial charge in [0.25, 0.3) is 0 Å². The molecular formula is C37H56O15. The van der Waals surface area contributed by atoms with Crippen LogP contribution in [0.3, 0.4) is 0 Å². The molecule has 294 valence electrons. The summed E-state index contributed by atoms with van der Waals surface area (Å²) in [4.78, 5) is 38.7. The van der Waals surface area contributed by atoms with Crippen LogP contribution in [0.25, 0.3) is 0 Å². The third-order valence-electron chi connectivity index (χ3n) is 11.2. The quantitative estimate of drug-likeness (QED) is 0.286. The molecule has 5 aliphatic rings. The third kappa shape index (κ3) is 8.74. The number of epoxide rings is 1. The molecule has 2 N–H and O–H groups in total. The second-order valence-corrected chi connectivity index (χ2v) is 15.0. The minimum atomic E-state index is -1.36. The number of fused-ring (bicyclic) bond motifs is 1. The molecule has 4 fully saturated rings. The van der Waals surface area contributed by atoms with Gasteiger partial charge in [-0.25, -0.2) is 9.59 Å². The Hall–Kier alpha value is -2.47. The highest BCUT2D eigenvalue weighted by Crippen LogP contribution is 2.42. The summed E-state index contributed by atoms with van der Waals surface area (Å²) in [5, 5.41) is 22.0. The average Bonchev–Trinajstić information content (AvgIpc) is 3.79. The van der Waals surface area contributed by atoms with E-state index in [1.54, 1.807) is 39.8 Å². The summed E-state index contributed by atoms with van der Waals surface area (Å²) >= 11 is 0. The lowest BCUT2D eigenvalue weighted by atomic mass is 9.82. The molecule has 4 saturated heterocycles. The maximum absolute atomic E-state index is 13.4. The fourth-order valence-electron chi connectivity index (χ4n) is 7.99. The molecule has 1 spiro atoms. The standard InChI is InChI=1S/C37H56O15/c1-17-10-13-27(39)47-21(5)24(16-45-34-32(44-9)31(43-8)28(40)22(6)48-34)30-26(50-30)12-11-25(38)18(2)14-19(3)29(17)51-35-33(41)37(15-20(4)46-35)23(7)49-36(42)52-37/h10-13,17-24,26,28-35,40-41H,14-16H2,1-9H3/t17-,18-,19+,20+,21-,22+,23-,24-,26+,28+,29-,30-,31-,32+,33-,34+,35-,37-/m0/s1. The number of hydrogen-bond donors (Lipinski definition) is 2. The van der Waals surface area contributed by atoms with E-state index in [4.69, 9.17) is 47.4 Å². The van der Waals surface area contributed by atoms with Gasteiger partial charge in [0.05, 0.1) is 31.0 Å². The van der Waals surface area contributed by atoms with Gasteiger partial charge in [0.2, 0.25) is 0 Å². The Bertz CT molecular complexity index is 1320. The Morgan fingerprint density at radius 3 is 2.19 bits per heavy atom. The van der Waals surface area contributed by atoms with Crippen molar-refractivity contribution in [2.24, 2.45) is 23.7 Å². The maximum atomic E-state index is 13.4. The fourth-order valence-corrected chi connectivity index (χ4v) is 7.99. The normalized spacial score (nSPS) is 47.4. The summed E-state index contributed by atoms with van der Waals surface area (Å²) in [7, 11) is 2.96. The molecule has 0 saturated carbocycles. The van der Waals surface area contributed by atoms with Gasteiger partial charge in [0.1, 0.15) is 42.7 Å². The second kappa shape index (κ2) is 16.9. The molecule has 0 amide bonds. The number of methoxy groups -OCH3 is 2. The van der Waals surface area contributed by atoms with Crippen molar-refractivity contribution in [3.8, 4) is 0 Å². The van der Waals surface area contributed by atoms with Crippen LogP contribution in [-0.4, -0.2) is 134 Å². The Morgan fingerprint density at radius 1 is 0.827 bits per heavy atom. The second-order valence-electron chi connectivity index (χ2n) is 15.0. The highest BCUT2D eigenvalue weighted by atomic mass is 16.8. The van der Waals surface area contributed by atoms with Gasteiger partial charge < -0.3 is 57.6 Å². The van der Waals surface area contributed by atoms with Crippen molar-refractivity contribution in [3.63, 3.8) is 0 Å². The van der Waals surface area contributed by atoms with Gasteiger partial charge in [0, 0.05) is 44.5 Å².